The van der Waals surface area contributed by atoms with Crippen molar-refractivity contribution in [1.82, 2.24) is 0 Å². The molecule has 0 fully saturated rings. The second kappa shape index (κ2) is 9.60. The van der Waals surface area contributed by atoms with E-state index in [1.165, 1.54) is 26.8 Å². The Bertz CT molecular complexity index is 612. The van der Waals surface area contributed by atoms with Crippen molar-refractivity contribution in [2.75, 3.05) is 6.61 Å². The van der Waals surface area contributed by atoms with Crippen molar-refractivity contribution in [3.63, 3.8) is 0 Å². The largest absolute Gasteiger partial charge is 0.591 e. The molecule has 3 nitrogen and oxygen atoms in total. The lowest BCUT2D eigenvalue weighted by atomic mass is 10.1. The van der Waals surface area contributed by atoms with E-state index in [9.17, 15) is 22.1 Å². The molecule has 0 unspecified atom stereocenters. The maximum atomic E-state index is 14.2. The number of rotatable bonds is 8. The van der Waals surface area contributed by atoms with E-state index < -0.39 is 39.4 Å². The Balaban J connectivity index is 3.01. The molecule has 0 saturated carbocycles. The lowest BCUT2D eigenvalue weighted by Gasteiger charge is -2.20. The maximum absolute atomic E-state index is 14.2. The summed E-state index contributed by atoms with van der Waals surface area (Å²) < 4.78 is 73.7. The van der Waals surface area contributed by atoms with Gasteiger partial charge in [0.1, 0.15) is 27.7 Å². The zero-order valence-corrected chi connectivity index (χ0v) is 16.3. The number of benzene rings is 1. The summed E-state index contributed by atoms with van der Waals surface area (Å²) in [4.78, 5) is 0. The van der Waals surface area contributed by atoms with E-state index in [0.717, 1.165) is 37.8 Å². The monoisotopic (exact) mass is 395 g/mol. The summed E-state index contributed by atoms with van der Waals surface area (Å²) in [5.41, 5.74) is -2.23. The minimum Gasteiger partial charge on any atom is -0.591 e. The first-order chi connectivity index (χ1) is 12.0. The third-order valence-electron chi connectivity index (χ3n) is 3.43. The lowest BCUT2D eigenvalue weighted by molar-refractivity contribution is -0.0580. The highest BCUT2D eigenvalue weighted by Crippen LogP contribution is 2.29. The van der Waals surface area contributed by atoms with Gasteiger partial charge in [0.15, 0.2) is 0 Å². The molecule has 1 rings (SSSR count). The summed E-state index contributed by atoms with van der Waals surface area (Å²) in [5, 5.41) is 0. The highest BCUT2D eigenvalue weighted by molar-refractivity contribution is 7.91. The molecule has 0 amide bonds. The summed E-state index contributed by atoms with van der Waals surface area (Å²) in [6.45, 7) is 6.92. The number of unbranched alkanes of at least 4 members (excludes halogenated alkanes) is 3. The molecule has 0 aromatic heterocycles. The molecule has 0 spiro atoms. The van der Waals surface area contributed by atoms with Crippen LogP contribution in [0.1, 0.15) is 58.9 Å². The molecular weight excluding hydrogens is 370 g/mol. The van der Waals surface area contributed by atoms with Crippen molar-refractivity contribution >= 4 is 17.1 Å². The SMILES string of the molecule is CCCCCCOc1ccc(/C(=N\[S@@+]([O-])C(C)(C)C)C(F)(F)F)c(F)c1. The van der Waals surface area contributed by atoms with Crippen LogP contribution in [-0.2, 0) is 11.4 Å². The minimum absolute atomic E-state index is 0.154. The van der Waals surface area contributed by atoms with Gasteiger partial charge in [-0.1, -0.05) is 30.6 Å². The Hall–Kier alpha value is -1.28. The molecule has 0 saturated heterocycles. The van der Waals surface area contributed by atoms with Crippen molar-refractivity contribution in [2.45, 2.75) is 64.3 Å². The van der Waals surface area contributed by atoms with Crippen molar-refractivity contribution in [3.05, 3.63) is 29.6 Å². The first-order valence-corrected chi connectivity index (χ1v) is 9.58. The molecule has 0 bridgehead atoms. The highest BCUT2D eigenvalue weighted by atomic mass is 32.2. The summed E-state index contributed by atoms with van der Waals surface area (Å²) in [7, 11) is 0. The van der Waals surface area contributed by atoms with Gasteiger partial charge in [0.25, 0.3) is 0 Å². The average Bonchev–Trinajstić information content (AvgIpc) is 2.51. The van der Waals surface area contributed by atoms with Crippen LogP contribution in [0.15, 0.2) is 22.6 Å². The Morgan fingerprint density at radius 2 is 1.81 bits per heavy atom. The van der Waals surface area contributed by atoms with Crippen LogP contribution in [0, 0.1) is 5.82 Å². The first-order valence-electron chi connectivity index (χ1n) is 8.47. The number of ether oxygens (including phenoxy) is 1. The van der Waals surface area contributed by atoms with Gasteiger partial charge in [0.2, 0.25) is 5.71 Å². The second-order valence-electron chi connectivity index (χ2n) is 6.85. The fourth-order valence-corrected chi connectivity index (χ4v) is 2.61. The van der Waals surface area contributed by atoms with Crippen LogP contribution in [0.25, 0.3) is 0 Å². The summed E-state index contributed by atoms with van der Waals surface area (Å²) in [6.07, 6.45) is -1.03. The Morgan fingerprint density at radius 3 is 2.31 bits per heavy atom. The number of nitrogens with zero attached hydrogens (tertiary/aromatic N) is 1. The van der Waals surface area contributed by atoms with Gasteiger partial charge in [-0.2, -0.15) is 13.2 Å². The highest BCUT2D eigenvalue weighted by Gasteiger charge is 2.42. The Labute approximate surface area is 155 Å². The van der Waals surface area contributed by atoms with Gasteiger partial charge in [-0.25, -0.2) is 4.39 Å². The molecule has 0 aliphatic rings. The lowest BCUT2D eigenvalue weighted by Crippen LogP contribution is -2.32. The topological polar surface area (TPSA) is 44.6 Å². The molecule has 0 radical (unpaired) electrons. The molecule has 1 aromatic carbocycles. The number of hydrogen-bond acceptors (Lipinski definition) is 3. The van der Waals surface area contributed by atoms with Crippen LogP contribution in [-0.4, -0.2) is 27.8 Å². The number of alkyl halides is 3. The van der Waals surface area contributed by atoms with E-state index in [2.05, 4.69) is 11.3 Å². The number of hydrogen-bond donors (Lipinski definition) is 0. The maximum Gasteiger partial charge on any atom is 0.438 e. The van der Waals surface area contributed by atoms with Crippen molar-refractivity contribution in [2.24, 2.45) is 4.40 Å². The summed E-state index contributed by atoms with van der Waals surface area (Å²) >= 11 is -2.17. The van der Waals surface area contributed by atoms with E-state index >= 15 is 0 Å². The van der Waals surface area contributed by atoms with E-state index in [1.807, 2.05) is 0 Å². The summed E-state index contributed by atoms with van der Waals surface area (Å²) in [5.74, 6) is -0.959. The molecular formula is C18H25F4NO2S. The normalized spacial score (nSPS) is 14.4. The van der Waals surface area contributed by atoms with Crippen molar-refractivity contribution in [1.29, 1.82) is 0 Å². The van der Waals surface area contributed by atoms with Crippen LogP contribution in [0.2, 0.25) is 0 Å². The van der Waals surface area contributed by atoms with Gasteiger partial charge < -0.3 is 9.29 Å². The average molecular weight is 395 g/mol. The molecule has 26 heavy (non-hydrogen) atoms. The van der Waals surface area contributed by atoms with Gasteiger partial charge in [-0.15, -0.1) is 0 Å². The quantitative estimate of drug-likeness (QED) is 0.249. The third-order valence-corrected chi connectivity index (χ3v) is 4.82. The van der Waals surface area contributed by atoms with Gasteiger partial charge in [-0.3, -0.25) is 0 Å². The molecule has 0 heterocycles. The molecule has 148 valence electrons. The molecule has 1 atom stereocenters. The molecule has 1 aromatic rings. The molecule has 8 heteroatoms. The summed E-state index contributed by atoms with van der Waals surface area (Å²) in [6, 6.07) is 3.12. The fourth-order valence-electron chi connectivity index (χ4n) is 1.97. The predicted octanol–water partition coefficient (Wildman–Crippen LogP) is 5.60. The van der Waals surface area contributed by atoms with Crippen LogP contribution in [0.4, 0.5) is 17.6 Å². The van der Waals surface area contributed by atoms with Gasteiger partial charge in [0.05, 0.1) is 6.61 Å². The van der Waals surface area contributed by atoms with E-state index in [4.69, 9.17) is 4.74 Å². The van der Waals surface area contributed by atoms with Crippen molar-refractivity contribution in [3.8, 4) is 5.75 Å². The van der Waals surface area contributed by atoms with Crippen LogP contribution >= 0.6 is 0 Å². The number of halogens is 4. The predicted molar refractivity (Wildman–Crippen MR) is 96.5 cm³/mol. The Morgan fingerprint density at radius 1 is 1.15 bits per heavy atom. The fraction of sp³-hybridized carbons (Fsp3) is 0.611. The standard InChI is InChI=1S/C18H25F4NO2S/c1-5-6-7-8-11-25-13-9-10-14(15(19)12-13)16(18(20,21)22)23-26(24)17(2,3)4/h9-10,12H,5-8,11H2,1-4H3/b23-16+/t26-/m0/s1. The van der Waals surface area contributed by atoms with Crippen LogP contribution < -0.4 is 4.74 Å². The van der Waals surface area contributed by atoms with Gasteiger partial charge in [-0.05, 0) is 39.3 Å². The third kappa shape index (κ3) is 7.15. The molecule has 0 N–H and O–H groups in total. The Kier molecular flexibility index (Phi) is 8.40. The molecule has 0 aliphatic heterocycles. The van der Waals surface area contributed by atoms with Gasteiger partial charge in [0, 0.05) is 11.6 Å². The molecule has 0 aliphatic carbocycles. The minimum atomic E-state index is -4.93. The van der Waals surface area contributed by atoms with Crippen LogP contribution in [0.3, 0.4) is 0 Å². The van der Waals surface area contributed by atoms with E-state index in [1.54, 1.807) is 0 Å². The zero-order valence-electron chi connectivity index (χ0n) is 15.5. The second-order valence-corrected chi connectivity index (χ2v) is 8.76. The first kappa shape index (κ1) is 22.8. The van der Waals surface area contributed by atoms with Crippen molar-refractivity contribution < 1.29 is 26.9 Å². The smallest absolute Gasteiger partial charge is 0.438 e. The van der Waals surface area contributed by atoms with Crippen LogP contribution in [0.5, 0.6) is 5.75 Å². The van der Waals surface area contributed by atoms with Gasteiger partial charge >= 0.3 is 6.18 Å². The van der Waals surface area contributed by atoms with E-state index in [0.29, 0.717) is 6.61 Å². The van der Waals surface area contributed by atoms with E-state index in [-0.39, 0.29) is 5.75 Å². The zero-order chi connectivity index (χ0) is 20.0.